The van der Waals surface area contributed by atoms with Crippen molar-refractivity contribution in [1.29, 1.82) is 0 Å². The van der Waals surface area contributed by atoms with Crippen LogP contribution in [-0.4, -0.2) is 72.2 Å². The molecule has 4 aliphatic rings. The molecule has 5 rings (SSSR count). The first kappa shape index (κ1) is 19.1. The van der Waals surface area contributed by atoms with E-state index in [0.29, 0.717) is 17.5 Å². The molecule has 0 unspecified atom stereocenters. The van der Waals surface area contributed by atoms with E-state index in [0.717, 1.165) is 24.9 Å². The lowest BCUT2D eigenvalue weighted by Crippen LogP contribution is -2.65. The van der Waals surface area contributed by atoms with Gasteiger partial charge in [-0.15, -0.1) is 0 Å². The van der Waals surface area contributed by atoms with E-state index in [1.165, 1.54) is 12.5 Å². The standard InChI is InChI=1S/C22H27NO6/c1-12(25)28-17-5-3-13-9-16-15-4-6-18(27-11-14(26)10-24)21-22(15,7-8-23(16)2)19(13)20(17)29-21/h3-6,14-16,18,21,24,26H,7-11H2,1-2H3/t14-,15-,16+,18-,21-,22-/m0/s1. The first-order valence-electron chi connectivity index (χ1n) is 10.3. The SMILES string of the molecule is CC(=O)Oc1ccc2c3c1O[C@H]1[C@@H](OC[C@@H](O)CO)C=C[C@H]4[C@@H](C2)N(C)CC[C@@]341. The number of piperidine rings is 1. The molecule has 2 bridgehead atoms. The third-order valence-corrected chi connectivity index (χ3v) is 7.06. The average Bonchev–Trinajstić information content (AvgIpc) is 3.05. The highest BCUT2D eigenvalue weighted by Gasteiger charge is 2.64. The van der Waals surface area contributed by atoms with Gasteiger partial charge in [0.05, 0.1) is 13.2 Å². The predicted octanol–water partition coefficient (Wildman–Crippen LogP) is 0.795. The molecule has 1 aromatic rings. The van der Waals surface area contributed by atoms with E-state index in [9.17, 15) is 9.90 Å². The number of carbonyl (C=O) groups excluding carboxylic acids is 1. The molecule has 0 saturated carbocycles. The summed E-state index contributed by atoms with van der Waals surface area (Å²) in [6.07, 6.45) is 4.60. The molecule has 2 heterocycles. The van der Waals surface area contributed by atoms with Gasteiger partial charge in [0.15, 0.2) is 11.5 Å². The van der Waals surface area contributed by atoms with Crippen molar-refractivity contribution < 1.29 is 29.2 Å². The molecule has 1 spiro atoms. The summed E-state index contributed by atoms with van der Waals surface area (Å²) in [5.74, 6) is 1.04. The number of nitrogens with zero attached hydrogens (tertiary/aromatic N) is 1. The summed E-state index contributed by atoms with van der Waals surface area (Å²) < 4.78 is 18.0. The predicted molar refractivity (Wildman–Crippen MR) is 104 cm³/mol. The van der Waals surface area contributed by atoms with Crippen LogP contribution in [0, 0.1) is 5.92 Å². The van der Waals surface area contributed by atoms with Gasteiger partial charge in [-0.25, -0.2) is 0 Å². The Hall–Kier alpha value is -1.93. The summed E-state index contributed by atoms with van der Waals surface area (Å²) in [4.78, 5) is 14.1. The second-order valence-corrected chi connectivity index (χ2v) is 8.65. The Morgan fingerprint density at radius 3 is 3.00 bits per heavy atom. The molecule has 156 valence electrons. The lowest BCUT2D eigenvalue weighted by Gasteiger charge is -2.56. The molecule has 29 heavy (non-hydrogen) atoms. The van der Waals surface area contributed by atoms with Crippen LogP contribution in [0.5, 0.6) is 11.5 Å². The van der Waals surface area contributed by atoms with Crippen LogP contribution in [0.2, 0.25) is 0 Å². The van der Waals surface area contributed by atoms with Gasteiger partial charge in [-0.1, -0.05) is 18.2 Å². The smallest absolute Gasteiger partial charge is 0.308 e. The van der Waals surface area contributed by atoms with Crippen LogP contribution in [0.1, 0.15) is 24.5 Å². The fourth-order valence-electron chi connectivity index (χ4n) is 5.86. The Morgan fingerprint density at radius 2 is 2.24 bits per heavy atom. The number of carbonyl (C=O) groups is 1. The zero-order valence-corrected chi connectivity index (χ0v) is 16.7. The lowest BCUT2D eigenvalue weighted by molar-refractivity contribution is -0.132. The van der Waals surface area contributed by atoms with Gasteiger partial charge in [0.2, 0.25) is 0 Å². The van der Waals surface area contributed by atoms with Gasteiger partial charge in [-0.2, -0.15) is 0 Å². The third-order valence-electron chi connectivity index (χ3n) is 7.06. The number of likely N-dealkylation sites (tertiary alicyclic amines) is 1. The fourth-order valence-corrected chi connectivity index (χ4v) is 5.86. The molecule has 7 heteroatoms. The normalized spacial score (nSPS) is 35.0. The maximum atomic E-state index is 11.6. The molecule has 6 atom stereocenters. The molecule has 0 radical (unpaired) electrons. The Morgan fingerprint density at radius 1 is 1.41 bits per heavy atom. The molecule has 1 fully saturated rings. The number of esters is 1. The Balaban J connectivity index is 1.61. The van der Waals surface area contributed by atoms with E-state index in [1.54, 1.807) is 0 Å². The quantitative estimate of drug-likeness (QED) is 0.429. The molecule has 1 saturated heterocycles. The summed E-state index contributed by atoms with van der Waals surface area (Å²) >= 11 is 0. The number of benzene rings is 1. The van der Waals surface area contributed by atoms with Crippen molar-refractivity contribution in [1.82, 2.24) is 4.90 Å². The van der Waals surface area contributed by atoms with Crippen molar-refractivity contribution in [3.05, 3.63) is 35.4 Å². The largest absolute Gasteiger partial charge is 0.482 e. The zero-order chi connectivity index (χ0) is 20.3. The number of likely N-dealkylation sites (N-methyl/N-ethyl adjacent to an activating group) is 1. The highest BCUT2D eigenvalue weighted by Crippen LogP contribution is 2.62. The first-order chi connectivity index (χ1) is 14.0. The monoisotopic (exact) mass is 401 g/mol. The van der Waals surface area contributed by atoms with Gasteiger partial charge in [0.1, 0.15) is 18.3 Å². The van der Waals surface area contributed by atoms with Crippen molar-refractivity contribution >= 4 is 5.97 Å². The van der Waals surface area contributed by atoms with Crippen molar-refractivity contribution in [2.75, 3.05) is 26.8 Å². The summed E-state index contributed by atoms with van der Waals surface area (Å²) in [5, 5.41) is 18.9. The van der Waals surface area contributed by atoms with Crippen LogP contribution < -0.4 is 9.47 Å². The van der Waals surface area contributed by atoms with E-state index in [-0.39, 0.29) is 42.7 Å². The van der Waals surface area contributed by atoms with Gasteiger partial charge in [0, 0.05) is 29.9 Å². The molecule has 0 aromatic heterocycles. The number of hydrogen-bond acceptors (Lipinski definition) is 7. The second-order valence-electron chi connectivity index (χ2n) is 8.65. The zero-order valence-electron chi connectivity index (χ0n) is 16.7. The van der Waals surface area contributed by atoms with Gasteiger partial charge in [-0.3, -0.25) is 4.79 Å². The summed E-state index contributed by atoms with van der Waals surface area (Å²) in [5.41, 5.74) is 2.17. The van der Waals surface area contributed by atoms with Crippen molar-refractivity contribution in [3.63, 3.8) is 0 Å². The summed E-state index contributed by atoms with van der Waals surface area (Å²) in [6.45, 7) is 2.04. The van der Waals surface area contributed by atoms with Gasteiger partial charge in [0.25, 0.3) is 0 Å². The van der Waals surface area contributed by atoms with E-state index < -0.39 is 6.10 Å². The molecule has 7 nitrogen and oxygen atoms in total. The number of aliphatic hydroxyl groups excluding tert-OH is 2. The number of aliphatic hydroxyl groups is 2. The van der Waals surface area contributed by atoms with Crippen LogP contribution in [-0.2, 0) is 21.4 Å². The topological polar surface area (TPSA) is 88.5 Å². The minimum atomic E-state index is -0.925. The van der Waals surface area contributed by atoms with Gasteiger partial charge in [-0.05, 0) is 38.1 Å². The fraction of sp³-hybridized carbons (Fsp3) is 0.591. The maximum Gasteiger partial charge on any atom is 0.308 e. The Bertz CT molecular complexity index is 869. The van der Waals surface area contributed by atoms with Crippen LogP contribution in [0.25, 0.3) is 0 Å². The molecule has 2 aliphatic carbocycles. The maximum absolute atomic E-state index is 11.6. The molecule has 2 aliphatic heterocycles. The third kappa shape index (κ3) is 2.68. The molecule has 1 aromatic carbocycles. The Kier molecular flexibility index (Phi) is 4.47. The van der Waals surface area contributed by atoms with Crippen molar-refractivity contribution in [2.45, 2.75) is 49.5 Å². The van der Waals surface area contributed by atoms with E-state index >= 15 is 0 Å². The summed E-state index contributed by atoms with van der Waals surface area (Å²) in [7, 11) is 2.18. The van der Waals surface area contributed by atoms with Crippen LogP contribution in [0.3, 0.4) is 0 Å². The first-order valence-corrected chi connectivity index (χ1v) is 10.3. The summed E-state index contributed by atoms with van der Waals surface area (Å²) in [6, 6.07) is 4.28. The van der Waals surface area contributed by atoms with E-state index in [2.05, 4.69) is 24.1 Å². The van der Waals surface area contributed by atoms with E-state index in [1.807, 2.05) is 12.1 Å². The van der Waals surface area contributed by atoms with E-state index in [4.69, 9.17) is 19.3 Å². The minimum Gasteiger partial charge on any atom is -0.482 e. The van der Waals surface area contributed by atoms with Crippen LogP contribution in [0.4, 0.5) is 0 Å². The van der Waals surface area contributed by atoms with Crippen molar-refractivity contribution in [3.8, 4) is 11.5 Å². The molecule has 2 N–H and O–H groups in total. The number of hydrogen-bond donors (Lipinski definition) is 2. The number of ether oxygens (including phenoxy) is 3. The number of rotatable bonds is 5. The van der Waals surface area contributed by atoms with Crippen LogP contribution >= 0.6 is 0 Å². The van der Waals surface area contributed by atoms with Crippen LogP contribution in [0.15, 0.2) is 24.3 Å². The minimum absolute atomic E-state index is 0.0372. The second kappa shape index (κ2) is 6.80. The average molecular weight is 401 g/mol. The molecule has 0 amide bonds. The van der Waals surface area contributed by atoms with Gasteiger partial charge < -0.3 is 29.3 Å². The molecular formula is C22H27NO6. The highest BCUT2D eigenvalue weighted by atomic mass is 16.6. The highest BCUT2D eigenvalue weighted by molar-refractivity contribution is 5.72. The molecular weight excluding hydrogens is 374 g/mol. The lowest BCUT2D eigenvalue weighted by atomic mass is 9.53. The van der Waals surface area contributed by atoms with Gasteiger partial charge >= 0.3 is 5.97 Å². The Labute approximate surface area is 169 Å². The van der Waals surface area contributed by atoms with Crippen molar-refractivity contribution in [2.24, 2.45) is 5.92 Å².